The summed E-state index contributed by atoms with van der Waals surface area (Å²) in [6.45, 7) is 6.58. The molecular weight excluding hydrogens is 301 g/mol. The monoisotopic (exact) mass is 325 g/mol. The summed E-state index contributed by atoms with van der Waals surface area (Å²) in [6, 6.07) is 4.27. The predicted octanol–water partition coefficient (Wildman–Crippen LogP) is 2.36. The molecule has 0 amide bonds. The van der Waals surface area contributed by atoms with Crippen molar-refractivity contribution in [1.82, 2.24) is 9.88 Å². The number of rotatable bonds is 5. The SMILES string of the molecule is CSC(C)c1ccc(N2CCOC(CN3CC(F)C3)C2)cn1. The molecule has 2 unspecified atom stereocenters. The minimum atomic E-state index is -0.644. The van der Waals surface area contributed by atoms with Gasteiger partial charge in [-0.3, -0.25) is 9.88 Å². The highest BCUT2D eigenvalue weighted by atomic mass is 32.2. The van der Waals surface area contributed by atoms with Crippen molar-refractivity contribution < 1.29 is 9.13 Å². The molecule has 2 saturated heterocycles. The van der Waals surface area contributed by atoms with Gasteiger partial charge in [0.15, 0.2) is 0 Å². The van der Waals surface area contributed by atoms with Crippen molar-refractivity contribution in [3.63, 3.8) is 0 Å². The lowest BCUT2D eigenvalue weighted by Crippen LogP contribution is -2.55. The normalized spacial score (nSPS) is 25.0. The standard InChI is InChI=1S/C16H24FN3OS/c1-12(22-2)16-4-3-14(7-18-16)20-5-6-21-15(11-20)10-19-8-13(17)9-19/h3-4,7,12-13,15H,5-6,8-11H2,1-2H3. The van der Waals surface area contributed by atoms with Gasteiger partial charge in [0.2, 0.25) is 0 Å². The van der Waals surface area contributed by atoms with E-state index in [9.17, 15) is 4.39 Å². The van der Waals surface area contributed by atoms with Crippen LogP contribution in [-0.4, -0.2) is 67.7 Å². The van der Waals surface area contributed by atoms with Gasteiger partial charge in [-0.05, 0) is 25.3 Å². The second-order valence-electron chi connectivity index (χ2n) is 6.07. The lowest BCUT2D eigenvalue weighted by Gasteiger charge is -2.40. The van der Waals surface area contributed by atoms with E-state index < -0.39 is 6.17 Å². The van der Waals surface area contributed by atoms with Gasteiger partial charge in [-0.2, -0.15) is 11.8 Å². The van der Waals surface area contributed by atoms with Crippen LogP contribution in [0.3, 0.4) is 0 Å². The second kappa shape index (κ2) is 7.15. The molecule has 4 nitrogen and oxygen atoms in total. The molecule has 2 aliphatic rings. The highest BCUT2D eigenvalue weighted by molar-refractivity contribution is 7.98. The number of nitrogens with zero attached hydrogens (tertiary/aromatic N) is 3. The summed E-state index contributed by atoms with van der Waals surface area (Å²) < 4.78 is 18.7. The number of thioether (sulfide) groups is 1. The molecule has 0 saturated carbocycles. The van der Waals surface area contributed by atoms with Crippen molar-refractivity contribution in [2.24, 2.45) is 0 Å². The van der Waals surface area contributed by atoms with E-state index in [4.69, 9.17) is 4.74 Å². The van der Waals surface area contributed by atoms with E-state index in [1.165, 1.54) is 0 Å². The van der Waals surface area contributed by atoms with E-state index in [2.05, 4.69) is 40.1 Å². The third-order valence-electron chi connectivity index (χ3n) is 4.42. The second-order valence-corrected chi connectivity index (χ2v) is 7.25. The number of pyridine rings is 1. The Morgan fingerprint density at radius 1 is 1.41 bits per heavy atom. The van der Waals surface area contributed by atoms with Gasteiger partial charge in [0.1, 0.15) is 6.17 Å². The smallest absolute Gasteiger partial charge is 0.125 e. The first-order valence-electron chi connectivity index (χ1n) is 7.87. The van der Waals surface area contributed by atoms with Gasteiger partial charge in [0, 0.05) is 38.0 Å². The minimum absolute atomic E-state index is 0.158. The quantitative estimate of drug-likeness (QED) is 0.829. The molecule has 0 aliphatic carbocycles. The van der Waals surface area contributed by atoms with Gasteiger partial charge < -0.3 is 9.64 Å². The topological polar surface area (TPSA) is 28.6 Å². The molecule has 122 valence electrons. The van der Waals surface area contributed by atoms with Gasteiger partial charge in [-0.1, -0.05) is 0 Å². The Hall–Kier alpha value is -0.850. The molecule has 0 N–H and O–H groups in total. The minimum Gasteiger partial charge on any atom is -0.373 e. The summed E-state index contributed by atoms with van der Waals surface area (Å²) in [5.74, 6) is 0. The summed E-state index contributed by atoms with van der Waals surface area (Å²) >= 11 is 1.80. The van der Waals surface area contributed by atoms with Crippen LogP contribution < -0.4 is 4.90 Å². The molecular formula is C16H24FN3OS. The number of alkyl halides is 1. The molecule has 2 atom stereocenters. The highest BCUT2D eigenvalue weighted by Gasteiger charge is 2.30. The molecule has 2 aliphatic heterocycles. The van der Waals surface area contributed by atoms with Gasteiger partial charge >= 0.3 is 0 Å². The molecule has 0 radical (unpaired) electrons. The number of hydrogen-bond donors (Lipinski definition) is 0. The van der Waals surface area contributed by atoms with Crippen molar-refractivity contribution in [3.8, 4) is 0 Å². The van der Waals surface area contributed by atoms with E-state index in [1.807, 2.05) is 6.20 Å². The average molecular weight is 325 g/mol. The molecule has 0 bridgehead atoms. The number of aromatic nitrogens is 1. The summed E-state index contributed by atoms with van der Waals surface area (Å²) in [6.07, 6.45) is 3.58. The maximum Gasteiger partial charge on any atom is 0.125 e. The van der Waals surface area contributed by atoms with Crippen LogP contribution in [0.25, 0.3) is 0 Å². The molecule has 22 heavy (non-hydrogen) atoms. The maximum atomic E-state index is 12.9. The van der Waals surface area contributed by atoms with Crippen LogP contribution >= 0.6 is 11.8 Å². The Labute approximate surface area is 136 Å². The summed E-state index contributed by atoms with van der Waals surface area (Å²) in [5, 5.41) is 0.423. The molecule has 6 heteroatoms. The van der Waals surface area contributed by atoms with Crippen LogP contribution in [-0.2, 0) is 4.74 Å². The zero-order valence-corrected chi connectivity index (χ0v) is 14.1. The third kappa shape index (κ3) is 3.73. The average Bonchev–Trinajstić information content (AvgIpc) is 2.53. The van der Waals surface area contributed by atoms with Crippen LogP contribution in [0.4, 0.5) is 10.1 Å². The molecule has 0 aromatic carbocycles. The lowest BCUT2D eigenvalue weighted by molar-refractivity contribution is -0.0202. The first kappa shape index (κ1) is 16.0. The van der Waals surface area contributed by atoms with Crippen LogP contribution in [0.15, 0.2) is 18.3 Å². The summed E-state index contributed by atoms with van der Waals surface area (Å²) in [4.78, 5) is 9.03. The van der Waals surface area contributed by atoms with Crippen LogP contribution in [0.5, 0.6) is 0 Å². The number of halogens is 1. The highest BCUT2D eigenvalue weighted by Crippen LogP contribution is 2.26. The van der Waals surface area contributed by atoms with E-state index in [0.29, 0.717) is 18.3 Å². The first-order chi connectivity index (χ1) is 10.7. The van der Waals surface area contributed by atoms with Gasteiger partial charge in [-0.25, -0.2) is 4.39 Å². The summed E-state index contributed by atoms with van der Waals surface area (Å²) in [7, 11) is 0. The number of morpholine rings is 1. The van der Waals surface area contributed by atoms with Crippen molar-refractivity contribution in [1.29, 1.82) is 0 Å². The van der Waals surface area contributed by atoms with E-state index >= 15 is 0 Å². The third-order valence-corrected chi connectivity index (χ3v) is 5.37. The number of hydrogen-bond acceptors (Lipinski definition) is 5. The molecule has 3 heterocycles. The number of likely N-dealkylation sites (tertiary alicyclic amines) is 1. The molecule has 2 fully saturated rings. The Kier molecular flexibility index (Phi) is 5.21. The Morgan fingerprint density at radius 2 is 2.23 bits per heavy atom. The number of ether oxygens (including phenoxy) is 1. The Bertz CT molecular complexity index is 481. The zero-order valence-electron chi connectivity index (χ0n) is 13.2. The van der Waals surface area contributed by atoms with E-state index in [1.54, 1.807) is 11.8 Å². The maximum absolute atomic E-state index is 12.9. The van der Waals surface area contributed by atoms with Crippen LogP contribution in [0, 0.1) is 0 Å². The Balaban J connectivity index is 1.57. The zero-order chi connectivity index (χ0) is 15.5. The molecule has 3 rings (SSSR count). The summed E-state index contributed by atoms with van der Waals surface area (Å²) in [5.41, 5.74) is 2.27. The van der Waals surface area contributed by atoms with Crippen molar-refractivity contribution in [3.05, 3.63) is 24.0 Å². The van der Waals surface area contributed by atoms with Crippen LogP contribution in [0.2, 0.25) is 0 Å². The molecule has 1 aromatic rings. The largest absolute Gasteiger partial charge is 0.373 e. The number of anilines is 1. The molecule has 0 spiro atoms. The van der Waals surface area contributed by atoms with Crippen molar-refractivity contribution in [2.75, 3.05) is 50.5 Å². The van der Waals surface area contributed by atoms with Crippen molar-refractivity contribution in [2.45, 2.75) is 24.4 Å². The van der Waals surface area contributed by atoms with Crippen molar-refractivity contribution >= 4 is 17.4 Å². The van der Waals surface area contributed by atoms with Gasteiger partial charge in [0.05, 0.1) is 30.3 Å². The molecule has 1 aromatic heterocycles. The van der Waals surface area contributed by atoms with Gasteiger partial charge in [-0.15, -0.1) is 0 Å². The van der Waals surface area contributed by atoms with E-state index in [0.717, 1.165) is 37.6 Å². The van der Waals surface area contributed by atoms with E-state index in [-0.39, 0.29) is 6.10 Å². The fraction of sp³-hybridized carbons (Fsp3) is 0.688. The predicted molar refractivity (Wildman–Crippen MR) is 89.5 cm³/mol. The Morgan fingerprint density at radius 3 is 2.86 bits per heavy atom. The first-order valence-corrected chi connectivity index (χ1v) is 9.16. The fourth-order valence-corrected chi connectivity index (χ4v) is 3.33. The van der Waals surface area contributed by atoms with Crippen LogP contribution in [0.1, 0.15) is 17.9 Å². The van der Waals surface area contributed by atoms with Gasteiger partial charge in [0.25, 0.3) is 0 Å². The fourth-order valence-electron chi connectivity index (χ4n) is 2.95. The lowest BCUT2D eigenvalue weighted by atomic mass is 10.1.